The van der Waals surface area contributed by atoms with Crippen LogP contribution in [0.4, 0.5) is 10.1 Å². The fraction of sp³-hybridized carbons (Fsp3) is 0.167. The van der Waals surface area contributed by atoms with E-state index < -0.39 is 4.92 Å². The van der Waals surface area contributed by atoms with Crippen molar-refractivity contribution in [1.82, 2.24) is 4.98 Å². The Kier molecular flexibility index (Phi) is 4.28. The van der Waals surface area contributed by atoms with Crippen LogP contribution in [-0.2, 0) is 0 Å². The average molecular weight is 174 g/mol. The molecule has 12 heavy (non-hydrogen) atoms. The molecule has 0 aliphatic heterocycles. The minimum Gasteiger partial charge on any atom is -0.323 e. The van der Waals surface area contributed by atoms with Crippen molar-refractivity contribution in [2.24, 2.45) is 0 Å². The number of aromatic amines is 1. The number of aromatic nitrogens is 1. The number of pyridine rings is 1. The monoisotopic (exact) mass is 174 g/mol. The molecule has 1 N–H and O–H groups in total. The van der Waals surface area contributed by atoms with Gasteiger partial charge in [-0.3, -0.25) is 19.3 Å². The zero-order valence-electron chi connectivity index (χ0n) is 6.28. The van der Waals surface area contributed by atoms with Crippen LogP contribution < -0.4 is 5.56 Å². The molecule has 0 aliphatic rings. The van der Waals surface area contributed by atoms with Gasteiger partial charge in [-0.05, 0) is 0 Å². The van der Waals surface area contributed by atoms with Crippen molar-refractivity contribution in [3.05, 3.63) is 38.8 Å². The van der Waals surface area contributed by atoms with Crippen molar-refractivity contribution in [3.63, 3.8) is 0 Å². The first-order valence-electron chi connectivity index (χ1n) is 2.91. The van der Waals surface area contributed by atoms with Gasteiger partial charge in [-0.2, -0.15) is 0 Å². The average Bonchev–Trinajstić information content (AvgIpc) is 2.09. The summed E-state index contributed by atoms with van der Waals surface area (Å²) in [5.41, 5.74) is -0.454. The first kappa shape index (κ1) is 10.3. The van der Waals surface area contributed by atoms with Gasteiger partial charge in [0, 0.05) is 12.1 Å². The number of hydrogen-bond acceptors (Lipinski definition) is 3. The Bertz CT molecular complexity index is 289. The van der Waals surface area contributed by atoms with Crippen molar-refractivity contribution in [2.45, 2.75) is 0 Å². The molecule has 0 amide bonds. The SMILES string of the molecule is CF.O=c1ccc([N+](=O)[O-])c[nH]1. The molecule has 0 saturated carbocycles. The van der Waals surface area contributed by atoms with Gasteiger partial charge in [0.1, 0.15) is 0 Å². The van der Waals surface area contributed by atoms with E-state index in [-0.39, 0.29) is 11.2 Å². The molecule has 1 aromatic heterocycles. The summed E-state index contributed by atoms with van der Waals surface area (Å²) in [6.45, 7) is 0. The first-order valence-corrected chi connectivity index (χ1v) is 2.91. The highest BCUT2D eigenvalue weighted by Crippen LogP contribution is 2.02. The highest BCUT2D eigenvalue weighted by atomic mass is 19.1. The fourth-order valence-corrected chi connectivity index (χ4v) is 0.516. The minimum atomic E-state index is -0.573. The second-order valence-electron chi connectivity index (χ2n) is 1.67. The topological polar surface area (TPSA) is 76.0 Å². The molecule has 1 heterocycles. The summed E-state index contributed by atoms with van der Waals surface area (Å²) < 4.78 is 9.50. The molecule has 0 aromatic carbocycles. The Morgan fingerprint density at radius 1 is 1.50 bits per heavy atom. The molecule has 0 unspecified atom stereocenters. The Morgan fingerprint density at radius 3 is 2.42 bits per heavy atom. The third kappa shape index (κ3) is 2.91. The van der Waals surface area contributed by atoms with Gasteiger partial charge in [-0.15, -0.1) is 0 Å². The quantitative estimate of drug-likeness (QED) is 0.506. The predicted molar refractivity (Wildman–Crippen MR) is 40.7 cm³/mol. The molecule has 0 saturated heterocycles. The molecule has 0 atom stereocenters. The van der Waals surface area contributed by atoms with Gasteiger partial charge in [0.15, 0.2) is 0 Å². The Labute approximate surface area is 67.0 Å². The molecule has 0 bridgehead atoms. The van der Waals surface area contributed by atoms with Crippen molar-refractivity contribution in [3.8, 4) is 0 Å². The van der Waals surface area contributed by atoms with E-state index in [1.54, 1.807) is 0 Å². The highest BCUT2D eigenvalue weighted by Gasteiger charge is 2.01. The third-order valence-corrected chi connectivity index (χ3v) is 0.979. The van der Waals surface area contributed by atoms with Gasteiger partial charge < -0.3 is 4.98 Å². The lowest BCUT2D eigenvalue weighted by Crippen LogP contribution is -2.02. The van der Waals surface area contributed by atoms with E-state index >= 15 is 0 Å². The summed E-state index contributed by atoms with van der Waals surface area (Å²) in [7, 11) is 0.500. The van der Waals surface area contributed by atoms with Crippen LogP contribution in [0.15, 0.2) is 23.1 Å². The zero-order chi connectivity index (χ0) is 9.56. The Balaban J connectivity index is 0.000000561. The van der Waals surface area contributed by atoms with Gasteiger partial charge in [0.25, 0.3) is 5.69 Å². The normalized spacial score (nSPS) is 8.17. The number of halogens is 1. The van der Waals surface area contributed by atoms with E-state index in [9.17, 15) is 19.3 Å². The van der Waals surface area contributed by atoms with E-state index in [2.05, 4.69) is 4.98 Å². The Morgan fingerprint density at radius 2 is 2.08 bits per heavy atom. The van der Waals surface area contributed by atoms with Crippen molar-refractivity contribution in [2.75, 3.05) is 7.18 Å². The van der Waals surface area contributed by atoms with Crippen LogP contribution in [0.1, 0.15) is 0 Å². The maximum absolute atomic E-state index is 10.4. The van der Waals surface area contributed by atoms with E-state index in [4.69, 9.17) is 0 Å². The number of hydrogen-bond donors (Lipinski definition) is 1. The summed E-state index contributed by atoms with van der Waals surface area (Å²) in [5.74, 6) is 0. The summed E-state index contributed by atoms with van der Waals surface area (Å²) in [5, 5.41) is 10.00. The zero-order valence-corrected chi connectivity index (χ0v) is 6.28. The molecule has 0 radical (unpaired) electrons. The van der Waals surface area contributed by atoms with E-state index in [1.807, 2.05) is 0 Å². The van der Waals surface area contributed by atoms with E-state index in [1.165, 1.54) is 0 Å². The summed E-state index contributed by atoms with van der Waals surface area (Å²) >= 11 is 0. The van der Waals surface area contributed by atoms with E-state index in [0.717, 1.165) is 18.3 Å². The molecule has 0 aliphatic carbocycles. The molecule has 5 nitrogen and oxygen atoms in total. The molecule has 1 aromatic rings. The lowest BCUT2D eigenvalue weighted by atomic mass is 10.4. The van der Waals surface area contributed by atoms with Crippen molar-refractivity contribution in [1.29, 1.82) is 0 Å². The maximum Gasteiger partial charge on any atom is 0.285 e. The number of rotatable bonds is 1. The standard InChI is InChI=1S/C5H4N2O3.CH3F/c8-5-2-1-4(3-6-5)7(9)10;1-2/h1-3H,(H,6,8);1H3. The number of nitrogens with zero attached hydrogens (tertiary/aromatic N) is 1. The highest BCUT2D eigenvalue weighted by molar-refractivity contribution is 5.23. The fourth-order valence-electron chi connectivity index (χ4n) is 0.516. The van der Waals surface area contributed by atoms with Crippen LogP contribution in [-0.4, -0.2) is 17.1 Å². The lowest BCUT2D eigenvalue weighted by Gasteiger charge is -1.85. The van der Waals surface area contributed by atoms with Gasteiger partial charge in [0.05, 0.1) is 18.3 Å². The van der Waals surface area contributed by atoms with E-state index in [0.29, 0.717) is 7.18 Å². The second-order valence-corrected chi connectivity index (χ2v) is 1.67. The summed E-state index contributed by atoms with van der Waals surface area (Å²) in [4.78, 5) is 22.0. The predicted octanol–water partition coefficient (Wildman–Crippen LogP) is 0.869. The summed E-state index contributed by atoms with van der Waals surface area (Å²) in [6.07, 6.45) is 1.06. The smallest absolute Gasteiger partial charge is 0.285 e. The number of alkyl halides is 1. The first-order chi connectivity index (χ1) is 5.70. The van der Waals surface area contributed by atoms with Crippen LogP contribution in [0.5, 0.6) is 0 Å². The molecular weight excluding hydrogens is 167 g/mol. The van der Waals surface area contributed by atoms with Gasteiger partial charge >= 0.3 is 0 Å². The van der Waals surface area contributed by atoms with Crippen molar-refractivity contribution < 1.29 is 9.31 Å². The molecule has 66 valence electrons. The van der Waals surface area contributed by atoms with Gasteiger partial charge in [-0.25, -0.2) is 0 Å². The van der Waals surface area contributed by atoms with Crippen LogP contribution in [0.2, 0.25) is 0 Å². The van der Waals surface area contributed by atoms with Crippen LogP contribution in [0.3, 0.4) is 0 Å². The molecule has 1 rings (SSSR count). The van der Waals surface area contributed by atoms with Crippen molar-refractivity contribution >= 4 is 5.69 Å². The van der Waals surface area contributed by atoms with Gasteiger partial charge in [0.2, 0.25) is 5.56 Å². The summed E-state index contributed by atoms with van der Waals surface area (Å²) in [6, 6.07) is 2.26. The third-order valence-electron chi connectivity index (χ3n) is 0.979. The second kappa shape index (κ2) is 5.00. The molecule has 6 heteroatoms. The lowest BCUT2D eigenvalue weighted by molar-refractivity contribution is -0.385. The number of nitro groups is 1. The Hall–Kier alpha value is -1.72. The molecular formula is C6H7FN2O3. The minimum absolute atomic E-state index is 0.111. The number of nitrogens with one attached hydrogen (secondary N) is 1. The molecule has 0 fully saturated rings. The molecule has 0 spiro atoms. The van der Waals surface area contributed by atoms with Crippen LogP contribution in [0, 0.1) is 10.1 Å². The number of H-pyrrole nitrogens is 1. The van der Waals surface area contributed by atoms with Gasteiger partial charge in [-0.1, -0.05) is 0 Å². The maximum atomic E-state index is 10.4. The van der Waals surface area contributed by atoms with Crippen LogP contribution in [0.25, 0.3) is 0 Å². The largest absolute Gasteiger partial charge is 0.323 e. The van der Waals surface area contributed by atoms with Crippen LogP contribution >= 0.6 is 0 Å².